The molecule has 0 aromatic rings. The summed E-state index contributed by atoms with van der Waals surface area (Å²) in [5, 5.41) is 3.04. The fraction of sp³-hybridized carbons (Fsp3) is 0.803. The molecule has 3 atom stereocenters. The Bertz CT molecular complexity index is 1400. The van der Waals surface area contributed by atoms with Crippen LogP contribution >= 0.6 is 7.82 Å². The normalized spacial score (nSPS) is 14.2. The van der Waals surface area contributed by atoms with Crippen molar-refractivity contribution in [3.8, 4) is 0 Å². The number of phosphoric ester groups is 1. The molecule has 0 aliphatic rings. The molecule has 10 heteroatoms. The summed E-state index contributed by atoms with van der Waals surface area (Å²) < 4.78 is 30.6. The Kier molecular flexibility index (Phi) is 49.6. The van der Waals surface area contributed by atoms with Crippen LogP contribution in [0.15, 0.2) is 60.8 Å². The first-order valence-corrected chi connectivity index (χ1v) is 31.1. The third-order valence-electron chi connectivity index (χ3n) is 12.9. The van der Waals surface area contributed by atoms with Crippen molar-refractivity contribution in [3.05, 3.63) is 60.8 Å². The molecule has 0 rings (SSSR count). The molecule has 0 aliphatic heterocycles. The monoisotopic (exact) mass is 1020 g/mol. The number of hydrogen-bond acceptors (Lipinski definition) is 6. The van der Waals surface area contributed by atoms with E-state index in [2.05, 4.69) is 74.7 Å². The average Bonchev–Trinajstić information content (AvgIpc) is 3.33. The van der Waals surface area contributed by atoms with E-state index in [4.69, 9.17) is 13.8 Å². The zero-order valence-electron chi connectivity index (χ0n) is 47.2. The predicted molar refractivity (Wildman–Crippen MR) is 305 cm³/mol. The van der Waals surface area contributed by atoms with Crippen LogP contribution in [0.3, 0.4) is 0 Å². The van der Waals surface area contributed by atoms with Gasteiger partial charge in [-0.3, -0.25) is 18.6 Å². The topological polar surface area (TPSA) is 111 Å². The Morgan fingerprint density at radius 2 is 0.859 bits per heavy atom. The van der Waals surface area contributed by atoms with Crippen molar-refractivity contribution in [2.24, 2.45) is 0 Å². The van der Waals surface area contributed by atoms with E-state index in [-0.39, 0.29) is 31.5 Å². The maximum Gasteiger partial charge on any atom is 0.472 e. The van der Waals surface area contributed by atoms with Crippen molar-refractivity contribution in [2.45, 2.75) is 277 Å². The number of amides is 1. The minimum atomic E-state index is -4.45. The number of likely N-dealkylation sites (N-methyl/N-ethyl adjacent to an activating group) is 1. The molecule has 0 aliphatic carbocycles. The van der Waals surface area contributed by atoms with Gasteiger partial charge in [0.15, 0.2) is 0 Å². The first-order chi connectivity index (χ1) is 34.4. The number of nitrogens with one attached hydrogen (secondary N) is 1. The smallest absolute Gasteiger partial charge is 0.456 e. The van der Waals surface area contributed by atoms with Crippen molar-refractivity contribution in [2.75, 3.05) is 40.9 Å². The number of unbranched alkanes of at least 4 members (excludes halogenated alkanes) is 29. The second-order valence-corrected chi connectivity index (χ2v) is 22.6. The number of phosphoric acid groups is 1. The van der Waals surface area contributed by atoms with E-state index in [0.717, 1.165) is 96.3 Å². The molecular formula is C61H114N2O7P+. The minimum absolute atomic E-state index is 0.0360. The van der Waals surface area contributed by atoms with E-state index in [1.165, 1.54) is 135 Å². The lowest BCUT2D eigenvalue weighted by atomic mass is 10.1. The maximum absolute atomic E-state index is 13.5. The van der Waals surface area contributed by atoms with Crippen LogP contribution in [-0.4, -0.2) is 74.3 Å². The summed E-state index contributed by atoms with van der Waals surface area (Å²) in [5.74, 6) is -0.521. The van der Waals surface area contributed by atoms with Gasteiger partial charge in [0.25, 0.3) is 0 Å². The number of carbonyl (C=O) groups is 2. The lowest BCUT2D eigenvalue weighted by molar-refractivity contribution is -0.870. The molecule has 0 heterocycles. The fourth-order valence-corrected chi connectivity index (χ4v) is 9.03. The quantitative estimate of drug-likeness (QED) is 0.0205. The number of nitrogens with zero attached hydrogens (tertiary/aromatic N) is 1. The largest absolute Gasteiger partial charge is 0.472 e. The average molecular weight is 1020 g/mol. The lowest BCUT2D eigenvalue weighted by Crippen LogP contribution is -2.47. The van der Waals surface area contributed by atoms with Gasteiger partial charge >= 0.3 is 13.8 Å². The molecule has 0 aromatic heterocycles. The Morgan fingerprint density at radius 3 is 1.30 bits per heavy atom. The Morgan fingerprint density at radius 1 is 0.493 bits per heavy atom. The van der Waals surface area contributed by atoms with E-state index in [1.807, 2.05) is 33.3 Å². The van der Waals surface area contributed by atoms with Crippen LogP contribution in [0, 0.1) is 0 Å². The number of ether oxygens (including phenoxy) is 1. The number of carbonyl (C=O) groups excluding carboxylic acids is 2. The fourth-order valence-electron chi connectivity index (χ4n) is 8.29. The van der Waals surface area contributed by atoms with Crippen molar-refractivity contribution in [3.63, 3.8) is 0 Å². The Labute approximate surface area is 439 Å². The molecule has 71 heavy (non-hydrogen) atoms. The van der Waals surface area contributed by atoms with Crippen molar-refractivity contribution in [1.82, 2.24) is 5.32 Å². The van der Waals surface area contributed by atoms with Gasteiger partial charge in [-0.25, -0.2) is 4.57 Å². The highest BCUT2D eigenvalue weighted by Crippen LogP contribution is 2.43. The molecule has 0 aromatic carbocycles. The number of esters is 1. The predicted octanol–water partition coefficient (Wildman–Crippen LogP) is 17.9. The van der Waals surface area contributed by atoms with Gasteiger partial charge in [0, 0.05) is 12.8 Å². The molecule has 9 nitrogen and oxygen atoms in total. The zero-order valence-corrected chi connectivity index (χ0v) is 48.1. The summed E-state index contributed by atoms with van der Waals surface area (Å²) in [6.07, 6.45) is 63.5. The van der Waals surface area contributed by atoms with E-state index in [0.29, 0.717) is 17.4 Å². The summed E-state index contributed by atoms with van der Waals surface area (Å²) in [5.41, 5.74) is 0. The molecule has 0 bridgehead atoms. The molecule has 0 saturated carbocycles. The van der Waals surface area contributed by atoms with Gasteiger partial charge in [-0.05, 0) is 96.0 Å². The summed E-state index contributed by atoms with van der Waals surface area (Å²) >= 11 is 0. The summed E-state index contributed by atoms with van der Waals surface area (Å²) in [4.78, 5) is 37.6. The van der Waals surface area contributed by atoms with E-state index < -0.39 is 20.0 Å². The summed E-state index contributed by atoms with van der Waals surface area (Å²) in [7, 11) is 1.48. The summed E-state index contributed by atoms with van der Waals surface area (Å²) in [6.45, 7) is 6.95. The van der Waals surface area contributed by atoms with Crippen LogP contribution in [0.4, 0.5) is 0 Å². The van der Waals surface area contributed by atoms with Gasteiger partial charge in [-0.2, -0.15) is 0 Å². The van der Waals surface area contributed by atoms with Crippen LogP contribution in [-0.2, 0) is 27.9 Å². The van der Waals surface area contributed by atoms with Crippen LogP contribution in [0.1, 0.15) is 265 Å². The zero-order chi connectivity index (χ0) is 52.2. The number of allylic oxidation sites excluding steroid dienone is 9. The highest BCUT2D eigenvalue weighted by Gasteiger charge is 2.30. The lowest BCUT2D eigenvalue weighted by Gasteiger charge is -2.27. The highest BCUT2D eigenvalue weighted by molar-refractivity contribution is 7.47. The molecule has 3 unspecified atom stereocenters. The van der Waals surface area contributed by atoms with Crippen molar-refractivity contribution >= 4 is 19.7 Å². The highest BCUT2D eigenvalue weighted by atomic mass is 31.2. The number of quaternary nitrogens is 1. The van der Waals surface area contributed by atoms with Gasteiger partial charge in [-0.1, -0.05) is 217 Å². The first-order valence-electron chi connectivity index (χ1n) is 29.6. The summed E-state index contributed by atoms with van der Waals surface area (Å²) in [6, 6.07) is -0.856. The molecule has 0 radical (unpaired) electrons. The van der Waals surface area contributed by atoms with Crippen molar-refractivity contribution in [1.29, 1.82) is 0 Å². The second-order valence-electron chi connectivity index (χ2n) is 21.2. The SMILES string of the molecule is CCCCC/C=C\C/C=C\CCCCCCCCCC(=O)NC(COP(=O)(O)OCC[N+](C)(C)C)C(/C=C/CCCCCCCCCCC)OC(=O)CCCCCCCCC/C=C\C/C=C\CCCCC. The molecular weight excluding hydrogens is 904 g/mol. The third kappa shape index (κ3) is 52.4. The van der Waals surface area contributed by atoms with Crippen LogP contribution in [0.25, 0.3) is 0 Å². The third-order valence-corrected chi connectivity index (χ3v) is 13.9. The Balaban J connectivity index is 5.30. The Hall–Kier alpha value is -2.29. The minimum Gasteiger partial charge on any atom is -0.456 e. The number of rotatable bonds is 53. The van der Waals surface area contributed by atoms with Crippen molar-refractivity contribution < 1.29 is 37.3 Å². The van der Waals surface area contributed by atoms with Crippen LogP contribution in [0.5, 0.6) is 0 Å². The molecule has 1 amide bonds. The van der Waals surface area contributed by atoms with Gasteiger partial charge < -0.3 is 19.4 Å². The van der Waals surface area contributed by atoms with Gasteiger partial charge in [0.2, 0.25) is 5.91 Å². The van der Waals surface area contributed by atoms with E-state index in [9.17, 15) is 19.0 Å². The number of hydrogen-bond donors (Lipinski definition) is 2. The molecule has 0 saturated heterocycles. The maximum atomic E-state index is 13.5. The van der Waals surface area contributed by atoms with E-state index in [1.54, 1.807) is 0 Å². The molecule has 2 N–H and O–H groups in total. The first kappa shape index (κ1) is 68.7. The van der Waals surface area contributed by atoms with Gasteiger partial charge in [-0.15, -0.1) is 0 Å². The standard InChI is InChI=1S/C61H113N2O7P/c1-7-10-13-16-19-22-25-27-29-31-33-35-38-41-44-47-50-53-60(64)62-58(57-69-71(66,67)68-56-55-63(4,5)6)59(52-49-46-43-40-37-24-21-18-15-12-9-3)70-61(65)54-51-48-45-42-39-36-34-32-30-28-26-23-20-17-14-11-8-2/h19-20,22-23,27-30,49,52,58-59H,7-18,21,24-26,31-48,50-51,53-57H2,1-6H3,(H-,62,64,66,67)/p+1/b22-19-,23-20-,29-27-,30-28-,52-49+. The van der Waals surface area contributed by atoms with Crippen LogP contribution in [0.2, 0.25) is 0 Å². The molecule has 0 spiro atoms. The van der Waals surface area contributed by atoms with Crippen LogP contribution < -0.4 is 5.32 Å². The molecule has 414 valence electrons. The molecule has 0 fully saturated rings. The van der Waals surface area contributed by atoms with Gasteiger partial charge in [0.05, 0.1) is 33.8 Å². The van der Waals surface area contributed by atoms with E-state index >= 15 is 0 Å². The second kappa shape index (κ2) is 51.2. The van der Waals surface area contributed by atoms with Gasteiger partial charge in [0.1, 0.15) is 19.3 Å².